The van der Waals surface area contributed by atoms with Gasteiger partial charge in [0.05, 0.1) is 45.6 Å². The molecular formula is C37H35N7O5. The Morgan fingerprint density at radius 3 is 2.43 bits per heavy atom. The summed E-state index contributed by atoms with van der Waals surface area (Å²) in [7, 11) is 0. The van der Waals surface area contributed by atoms with Gasteiger partial charge in [-0.15, -0.1) is 0 Å². The largest absolute Gasteiger partial charge is 0.369 e. The second-order valence-electron chi connectivity index (χ2n) is 13.7. The number of benzene rings is 2. The molecular weight excluding hydrogens is 622 g/mol. The van der Waals surface area contributed by atoms with Crippen molar-refractivity contribution in [1.29, 1.82) is 5.26 Å². The molecule has 7 rings (SSSR count). The molecule has 2 saturated heterocycles. The van der Waals surface area contributed by atoms with E-state index in [9.17, 15) is 29.2 Å². The molecule has 0 bridgehead atoms. The van der Waals surface area contributed by atoms with Crippen LogP contribution in [-0.4, -0.2) is 63.3 Å². The smallest absolute Gasteiger partial charge is 0.262 e. The molecule has 49 heavy (non-hydrogen) atoms. The van der Waals surface area contributed by atoms with Crippen LogP contribution >= 0.6 is 0 Å². The second kappa shape index (κ2) is 11.7. The highest BCUT2D eigenvalue weighted by molar-refractivity contribution is 6.23. The number of carbonyl (C=O) groups is 5. The van der Waals surface area contributed by atoms with Crippen molar-refractivity contribution < 1.29 is 24.0 Å². The number of aryl methyl sites for hydroxylation is 1. The van der Waals surface area contributed by atoms with Crippen LogP contribution in [0.2, 0.25) is 0 Å². The molecule has 248 valence electrons. The Balaban J connectivity index is 1.02. The number of hydrogen-bond acceptors (Lipinski definition) is 8. The lowest BCUT2D eigenvalue weighted by atomic mass is 9.98. The van der Waals surface area contributed by atoms with Crippen LogP contribution in [0.15, 0.2) is 36.4 Å². The lowest BCUT2D eigenvalue weighted by Gasteiger charge is -2.38. The third kappa shape index (κ3) is 5.53. The minimum Gasteiger partial charge on any atom is -0.369 e. The van der Waals surface area contributed by atoms with Crippen molar-refractivity contribution in [3.05, 3.63) is 75.6 Å². The van der Waals surface area contributed by atoms with Crippen molar-refractivity contribution in [1.82, 2.24) is 20.0 Å². The first-order chi connectivity index (χ1) is 23.4. The Hall–Kier alpha value is -5.75. The summed E-state index contributed by atoms with van der Waals surface area (Å²) in [6.45, 7) is 8.67. The van der Waals surface area contributed by atoms with Gasteiger partial charge in [0.25, 0.3) is 17.7 Å². The maximum atomic E-state index is 13.6. The van der Waals surface area contributed by atoms with Crippen molar-refractivity contribution in [3.8, 4) is 17.9 Å². The molecule has 3 fully saturated rings. The highest BCUT2D eigenvalue weighted by Crippen LogP contribution is 2.44. The molecule has 3 aromatic rings. The highest BCUT2D eigenvalue weighted by atomic mass is 16.2. The van der Waals surface area contributed by atoms with Gasteiger partial charge in [0.2, 0.25) is 11.8 Å². The number of anilines is 2. The van der Waals surface area contributed by atoms with Gasteiger partial charge in [0.1, 0.15) is 11.6 Å². The predicted octanol–water partition coefficient (Wildman–Crippen LogP) is 3.51. The molecule has 5 amide bonds. The van der Waals surface area contributed by atoms with E-state index in [0.29, 0.717) is 24.6 Å². The average molecular weight is 658 g/mol. The number of hydrogen-bond donors (Lipinski definition) is 2. The van der Waals surface area contributed by atoms with Gasteiger partial charge >= 0.3 is 0 Å². The van der Waals surface area contributed by atoms with E-state index >= 15 is 0 Å². The van der Waals surface area contributed by atoms with Gasteiger partial charge in [0.15, 0.2) is 0 Å². The summed E-state index contributed by atoms with van der Waals surface area (Å²) in [4.78, 5) is 66.9. The molecule has 0 radical (unpaired) electrons. The third-order valence-electron chi connectivity index (χ3n) is 9.89. The van der Waals surface area contributed by atoms with Crippen LogP contribution in [0.1, 0.15) is 94.2 Å². The second-order valence-corrected chi connectivity index (χ2v) is 13.7. The quantitative estimate of drug-likeness (QED) is 0.301. The van der Waals surface area contributed by atoms with E-state index in [2.05, 4.69) is 33.4 Å². The molecule has 3 aliphatic heterocycles. The monoisotopic (exact) mass is 657 g/mol. The summed E-state index contributed by atoms with van der Waals surface area (Å²) in [5.74, 6) is 4.72. The molecule has 0 spiro atoms. The number of rotatable bonds is 6. The van der Waals surface area contributed by atoms with Gasteiger partial charge in [-0.3, -0.25) is 38.9 Å². The Morgan fingerprint density at radius 2 is 1.73 bits per heavy atom. The van der Waals surface area contributed by atoms with Crippen molar-refractivity contribution >= 4 is 40.9 Å². The number of aromatic nitrogens is 2. The van der Waals surface area contributed by atoms with E-state index in [4.69, 9.17) is 5.10 Å². The first-order valence-corrected chi connectivity index (χ1v) is 16.4. The van der Waals surface area contributed by atoms with Gasteiger partial charge in [-0.1, -0.05) is 11.8 Å². The highest BCUT2D eigenvalue weighted by Gasteiger charge is 2.45. The maximum absolute atomic E-state index is 13.6. The summed E-state index contributed by atoms with van der Waals surface area (Å²) in [6, 6.07) is 11.6. The molecule has 12 nitrogen and oxygen atoms in total. The zero-order valence-corrected chi connectivity index (χ0v) is 27.7. The molecule has 1 aromatic heterocycles. The van der Waals surface area contributed by atoms with Crippen molar-refractivity contribution in [3.63, 3.8) is 0 Å². The molecule has 4 heterocycles. The zero-order valence-electron chi connectivity index (χ0n) is 27.7. The van der Waals surface area contributed by atoms with E-state index < -0.39 is 35.2 Å². The van der Waals surface area contributed by atoms with Crippen molar-refractivity contribution in [2.75, 3.05) is 23.3 Å². The van der Waals surface area contributed by atoms with Crippen LogP contribution < -0.4 is 15.5 Å². The van der Waals surface area contributed by atoms with E-state index in [1.165, 1.54) is 0 Å². The van der Waals surface area contributed by atoms with E-state index in [1.807, 2.05) is 33.8 Å². The van der Waals surface area contributed by atoms with Crippen LogP contribution in [-0.2, 0) is 19.9 Å². The number of nitrogens with one attached hydrogen (secondary N) is 2. The lowest BCUT2D eigenvalue weighted by Crippen LogP contribution is -2.54. The topological polar surface area (TPSA) is 158 Å². The first kappa shape index (κ1) is 31.8. The molecule has 2 aromatic carbocycles. The maximum Gasteiger partial charge on any atom is 0.262 e. The zero-order chi connectivity index (χ0) is 34.8. The lowest BCUT2D eigenvalue weighted by molar-refractivity contribution is -0.136. The van der Waals surface area contributed by atoms with Gasteiger partial charge in [-0.25, -0.2) is 0 Å². The Morgan fingerprint density at radius 1 is 1.00 bits per heavy atom. The predicted molar refractivity (Wildman–Crippen MR) is 178 cm³/mol. The fourth-order valence-corrected chi connectivity index (χ4v) is 6.83. The average Bonchev–Trinajstić information content (AvgIpc) is 3.82. The van der Waals surface area contributed by atoms with Gasteiger partial charge in [-0.2, -0.15) is 10.4 Å². The summed E-state index contributed by atoms with van der Waals surface area (Å²) >= 11 is 0. The molecule has 1 aliphatic carbocycles. The number of nitrogens with zero attached hydrogens (tertiary/aromatic N) is 5. The Bertz CT molecular complexity index is 2080. The summed E-state index contributed by atoms with van der Waals surface area (Å²) in [6.07, 6.45) is 2.26. The minimum absolute atomic E-state index is 0.0567. The number of imide groups is 2. The van der Waals surface area contributed by atoms with Crippen molar-refractivity contribution in [2.24, 2.45) is 5.92 Å². The third-order valence-corrected chi connectivity index (χ3v) is 9.89. The summed E-state index contributed by atoms with van der Waals surface area (Å²) in [5.41, 5.74) is 4.82. The fraction of sp³-hybridized carbons (Fsp3) is 0.378. The molecule has 1 atom stereocenters. The minimum atomic E-state index is -1.02. The molecule has 1 unspecified atom stereocenters. The SMILES string of the molecule is Cc1nn(C(C)(C)C(=O)Nc2ccc(C#N)cc2C2CC2)c(C)c1C#CC1CN(c2ccc3c(c2)C(=O)N(C2CCC(=O)NC2=O)C3=O)C1. The molecule has 2 N–H and O–H groups in total. The molecule has 1 saturated carbocycles. The van der Waals surface area contributed by atoms with E-state index in [0.717, 1.165) is 51.6 Å². The molecule has 4 aliphatic rings. The fourth-order valence-electron chi connectivity index (χ4n) is 6.83. The number of fused-ring (bicyclic) bond motifs is 1. The van der Waals surface area contributed by atoms with Crippen LogP contribution in [0, 0.1) is 42.9 Å². The Kier molecular flexibility index (Phi) is 7.63. The van der Waals surface area contributed by atoms with E-state index in [1.54, 1.807) is 35.0 Å². The van der Waals surface area contributed by atoms with Crippen LogP contribution in [0.3, 0.4) is 0 Å². The number of piperidine rings is 1. The number of nitriles is 1. The number of amides is 5. The first-order valence-electron chi connectivity index (χ1n) is 16.4. The number of carbonyl (C=O) groups excluding carboxylic acids is 5. The van der Waals surface area contributed by atoms with Crippen LogP contribution in [0.5, 0.6) is 0 Å². The van der Waals surface area contributed by atoms with Crippen LogP contribution in [0.4, 0.5) is 11.4 Å². The van der Waals surface area contributed by atoms with Gasteiger partial charge in [0, 0.05) is 30.9 Å². The van der Waals surface area contributed by atoms with E-state index in [-0.39, 0.29) is 35.8 Å². The molecule has 12 heteroatoms. The standard InChI is InChI=1S/C37H35N7O5/c1-20-26(21(2)44(41-20)37(3,4)36(49)39-30-12-6-22(17-38)15-28(30)24-7-8-24)10-5-23-18-42(19-23)25-9-11-27-29(16-25)35(48)43(34(27)47)31-13-14-32(45)40-33(31)46/h6,9,11-12,15-16,23-24,31H,7-8,13-14,18-19H2,1-4H3,(H,39,49)(H,40,45,46). The summed E-state index contributed by atoms with van der Waals surface area (Å²) < 4.78 is 1.72. The van der Waals surface area contributed by atoms with Gasteiger partial charge < -0.3 is 10.2 Å². The van der Waals surface area contributed by atoms with Crippen molar-refractivity contribution in [2.45, 2.75) is 70.9 Å². The Labute approximate surface area is 283 Å². The summed E-state index contributed by atoms with van der Waals surface area (Å²) in [5, 5.41) is 19.4. The normalized spacial score (nSPS) is 19.1. The van der Waals surface area contributed by atoms with Gasteiger partial charge in [-0.05, 0) is 94.8 Å². The van der Waals surface area contributed by atoms with Crippen LogP contribution in [0.25, 0.3) is 0 Å².